The molecule has 0 spiro atoms. The lowest BCUT2D eigenvalue weighted by Gasteiger charge is -2.45. The van der Waals surface area contributed by atoms with Crippen molar-refractivity contribution in [3.05, 3.63) is 0 Å². The van der Waals surface area contributed by atoms with Gasteiger partial charge in [-0.2, -0.15) is 0 Å². The molecule has 0 bridgehead atoms. The minimum Gasteiger partial charge on any atom is -0.396 e. The van der Waals surface area contributed by atoms with Crippen molar-refractivity contribution in [1.29, 1.82) is 0 Å². The Labute approximate surface area is 131 Å². The largest absolute Gasteiger partial charge is 0.396 e. The molecule has 0 radical (unpaired) electrons. The van der Waals surface area contributed by atoms with Crippen LogP contribution in [0.15, 0.2) is 0 Å². The number of aliphatic hydroxyl groups is 1. The molecule has 124 valence electrons. The quantitative estimate of drug-likeness (QED) is 0.845. The van der Waals surface area contributed by atoms with Gasteiger partial charge in [0.1, 0.15) is 0 Å². The maximum absolute atomic E-state index is 9.40. The molecule has 3 nitrogen and oxygen atoms in total. The van der Waals surface area contributed by atoms with E-state index in [4.69, 9.17) is 0 Å². The smallest absolute Gasteiger partial charge is 0.0446 e. The van der Waals surface area contributed by atoms with Gasteiger partial charge in [-0.1, -0.05) is 40.0 Å². The van der Waals surface area contributed by atoms with Crippen LogP contribution < -0.4 is 0 Å². The highest BCUT2D eigenvalue weighted by atomic mass is 16.3. The normalized spacial score (nSPS) is 27.1. The number of hydrogen-bond acceptors (Lipinski definition) is 3. The van der Waals surface area contributed by atoms with Gasteiger partial charge >= 0.3 is 0 Å². The fourth-order valence-corrected chi connectivity index (χ4v) is 4.10. The molecule has 1 aliphatic heterocycles. The summed E-state index contributed by atoms with van der Waals surface area (Å²) >= 11 is 0. The lowest BCUT2D eigenvalue weighted by Crippen LogP contribution is -2.56. The molecule has 1 aliphatic carbocycles. The predicted octanol–water partition coefficient (Wildman–Crippen LogP) is 2.98. The lowest BCUT2D eigenvalue weighted by atomic mass is 9.88. The van der Waals surface area contributed by atoms with Crippen molar-refractivity contribution >= 4 is 0 Å². The van der Waals surface area contributed by atoms with Crippen molar-refractivity contribution in [2.45, 2.75) is 65.3 Å². The molecule has 1 saturated heterocycles. The van der Waals surface area contributed by atoms with Crippen LogP contribution in [0.25, 0.3) is 0 Å². The van der Waals surface area contributed by atoms with Crippen LogP contribution in [-0.2, 0) is 0 Å². The Hall–Kier alpha value is -0.120. The molecular weight excluding hydrogens is 260 g/mol. The Balaban J connectivity index is 1.85. The van der Waals surface area contributed by atoms with E-state index in [0.29, 0.717) is 18.1 Å². The Morgan fingerprint density at radius 1 is 1.05 bits per heavy atom. The van der Waals surface area contributed by atoms with E-state index in [1.807, 2.05) is 0 Å². The van der Waals surface area contributed by atoms with Gasteiger partial charge in [0.15, 0.2) is 0 Å². The van der Waals surface area contributed by atoms with Crippen LogP contribution in [0.4, 0.5) is 0 Å². The van der Waals surface area contributed by atoms with Gasteiger partial charge in [0, 0.05) is 45.4 Å². The van der Waals surface area contributed by atoms with E-state index in [-0.39, 0.29) is 0 Å². The molecule has 0 aromatic rings. The number of rotatable bonds is 5. The first-order valence-corrected chi connectivity index (χ1v) is 9.05. The lowest BCUT2D eigenvalue weighted by molar-refractivity contribution is 0.0284. The van der Waals surface area contributed by atoms with Gasteiger partial charge in [-0.05, 0) is 30.6 Å². The summed E-state index contributed by atoms with van der Waals surface area (Å²) in [5, 5.41) is 9.40. The van der Waals surface area contributed by atoms with Crippen LogP contribution in [0.1, 0.15) is 59.3 Å². The van der Waals surface area contributed by atoms with Crippen LogP contribution in [0.3, 0.4) is 0 Å². The maximum Gasteiger partial charge on any atom is 0.0446 e. The number of nitrogens with zero attached hydrogens (tertiary/aromatic N) is 2. The van der Waals surface area contributed by atoms with E-state index in [1.54, 1.807) is 0 Å². The second-order valence-electron chi connectivity index (χ2n) is 8.46. The van der Waals surface area contributed by atoms with Crippen molar-refractivity contribution in [2.24, 2.45) is 11.3 Å². The number of piperazine rings is 1. The monoisotopic (exact) mass is 296 g/mol. The molecule has 3 heteroatoms. The van der Waals surface area contributed by atoms with Crippen molar-refractivity contribution in [1.82, 2.24) is 9.80 Å². The summed E-state index contributed by atoms with van der Waals surface area (Å²) in [5.41, 5.74) is 0.346. The van der Waals surface area contributed by atoms with E-state index < -0.39 is 0 Å². The topological polar surface area (TPSA) is 26.7 Å². The van der Waals surface area contributed by atoms with Gasteiger partial charge < -0.3 is 10.0 Å². The summed E-state index contributed by atoms with van der Waals surface area (Å²) in [5.74, 6) is 0.933. The standard InChI is InChI=1S/C18H36N2O/c1-18(2,3)15-20-11-10-19(14-17(20)9-12-21)13-16-7-5-4-6-8-16/h16-17,21H,4-15H2,1-3H3/t17-/m1/s1. The zero-order valence-corrected chi connectivity index (χ0v) is 14.5. The van der Waals surface area contributed by atoms with Crippen molar-refractivity contribution in [3.63, 3.8) is 0 Å². The highest BCUT2D eigenvalue weighted by Gasteiger charge is 2.30. The molecule has 1 atom stereocenters. The molecule has 1 saturated carbocycles. The third-order valence-corrected chi connectivity index (χ3v) is 5.07. The molecule has 0 unspecified atom stereocenters. The van der Waals surface area contributed by atoms with Gasteiger partial charge in [0.25, 0.3) is 0 Å². The summed E-state index contributed by atoms with van der Waals surface area (Å²) in [6.45, 7) is 13.3. The summed E-state index contributed by atoms with van der Waals surface area (Å²) in [6, 6.07) is 0.548. The fourth-order valence-electron chi connectivity index (χ4n) is 4.10. The Morgan fingerprint density at radius 3 is 2.38 bits per heavy atom. The van der Waals surface area contributed by atoms with E-state index in [2.05, 4.69) is 30.6 Å². The molecule has 21 heavy (non-hydrogen) atoms. The third-order valence-electron chi connectivity index (χ3n) is 5.07. The van der Waals surface area contributed by atoms with Gasteiger partial charge in [0.05, 0.1) is 0 Å². The first kappa shape index (κ1) is 17.2. The van der Waals surface area contributed by atoms with E-state index in [9.17, 15) is 5.11 Å². The zero-order valence-electron chi connectivity index (χ0n) is 14.5. The first-order chi connectivity index (χ1) is 9.98. The van der Waals surface area contributed by atoms with Crippen LogP contribution in [0.5, 0.6) is 0 Å². The van der Waals surface area contributed by atoms with Gasteiger partial charge in [0.2, 0.25) is 0 Å². The molecule has 1 N–H and O–H groups in total. The molecule has 1 heterocycles. The molecule has 0 amide bonds. The Morgan fingerprint density at radius 2 is 1.76 bits per heavy atom. The summed E-state index contributed by atoms with van der Waals surface area (Å²) in [4.78, 5) is 5.29. The SMILES string of the molecule is CC(C)(C)CN1CCN(CC2CCCCC2)C[C@H]1CCO. The number of aliphatic hydroxyl groups excluding tert-OH is 1. The van der Waals surface area contributed by atoms with Crippen molar-refractivity contribution in [3.8, 4) is 0 Å². The summed E-state index contributed by atoms with van der Waals surface area (Å²) < 4.78 is 0. The van der Waals surface area contributed by atoms with Crippen molar-refractivity contribution < 1.29 is 5.11 Å². The highest BCUT2D eigenvalue weighted by Crippen LogP contribution is 2.26. The van der Waals surface area contributed by atoms with Gasteiger partial charge in [-0.3, -0.25) is 4.90 Å². The van der Waals surface area contributed by atoms with Gasteiger partial charge in [-0.15, -0.1) is 0 Å². The number of hydrogen-bond donors (Lipinski definition) is 1. The summed E-state index contributed by atoms with van der Waals surface area (Å²) in [7, 11) is 0. The second-order valence-corrected chi connectivity index (χ2v) is 8.46. The zero-order chi connectivity index (χ0) is 15.3. The van der Waals surface area contributed by atoms with Crippen LogP contribution in [0, 0.1) is 11.3 Å². The van der Waals surface area contributed by atoms with Crippen molar-refractivity contribution in [2.75, 3.05) is 39.3 Å². The molecule has 0 aromatic carbocycles. The van der Waals surface area contributed by atoms with E-state index >= 15 is 0 Å². The highest BCUT2D eigenvalue weighted by molar-refractivity contribution is 4.85. The Bertz CT molecular complexity index is 294. The molecule has 0 aromatic heterocycles. The first-order valence-electron chi connectivity index (χ1n) is 9.05. The third kappa shape index (κ3) is 5.88. The van der Waals surface area contributed by atoms with Crippen LogP contribution in [0.2, 0.25) is 0 Å². The van der Waals surface area contributed by atoms with E-state index in [1.165, 1.54) is 51.7 Å². The average molecular weight is 296 g/mol. The fraction of sp³-hybridized carbons (Fsp3) is 1.00. The molecule has 2 rings (SSSR count). The minimum absolute atomic E-state index is 0.322. The molecule has 2 fully saturated rings. The van der Waals surface area contributed by atoms with E-state index in [0.717, 1.165) is 25.4 Å². The average Bonchev–Trinajstić information content (AvgIpc) is 2.42. The Kier molecular flexibility index (Phi) is 6.51. The van der Waals surface area contributed by atoms with Crippen LogP contribution >= 0.6 is 0 Å². The second kappa shape index (κ2) is 7.94. The molecule has 2 aliphatic rings. The molecular formula is C18H36N2O. The van der Waals surface area contributed by atoms with Gasteiger partial charge in [-0.25, -0.2) is 0 Å². The predicted molar refractivity (Wildman–Crippen MR) is 89.5 cm³/mol. The van der Waals surface area contributed by atoms with Crippen LogP contribution in [-0.4, -0.2) is 60.3 Å². The maximum atomic E-state index is 9.40. The summed E-state index contributed by atoms with van der Waals surface area (Å²) in [6.07, 6.45) is 8.13. The minimum atomic E-state index is 0.322.